The second-order valence-corrected chi connectivity index (χ2v) is 13.4. The highest BCUT2D eigenvalue weighted by Crippen LogP contribution is 2.32. The first kappa shape index (κ1) is 39.8. The third kappa shape index (κ3) is 19.2. The van der Waals surface area contributed by atoms with Crippen LogP contribution in [0.5, 0.6) is 0 Å². The zero-order valence-electron chi connectivity index (χ0n) is 27.7. The van der Waals surface area contributed by atoms with Crippen molar-refractivity contribution >= 4 is 0 Å². The van der Waals surface area contributed by atoms with Crippen LogP contribution in [0.2, 0.25) is 0 Å². The quantitative estimate of drug-likeness (QED) is 0.0529. The van der Waals surface area contributed by atoms with Gasteiger partial charge in [-0.25, -0.2) is 0 Å². The summed E-state index contributed by atoms with van der Waals surface area (Å²) in [6.45, 7) is 1.77. The van der Waals surface area contributed by atoms with Crippen LogP contribution in [0, 0.1) is 0 Å². The Balaban J connectivity index is 1.76. The summed E-state index contributed by atoms with van der Waals surface area (Å²) in [5.41, 5.74) is 0. The van der Waals surface area contributed by atoms with Gasteiger partial charge in [0.1, 0.15) is 24.4 Å². The minimum Gasteiger partial charge on any atom is -0.394 e. The molecule has 1 heterocycles. The van der Waals surface area contributed by atoms with E-state index in [0.717, 1.165) is 12.8 Å². The number of aliphatic hydroxyl groups is 5. The molecule has 0 saturated carbocycles. The Bertz CT molecular complexity index is 573. The van der Waals surface area contributed by atoms with Crippen LogP contribution in [-0.2, 0) is 4.74 Å². The van der Waals surface area contributed by atoms with Gasteiger partial charge in [-0.1, -0.05) is 180 Å². The largest absolute Gasteiger partial charge is 0.394 e. The van der Waals surface area contributed by atoms with Gasteiger partial charge in [-0.15, -0.1) is 0 Å². The lowest BCUT2D eigenvalue weighted by molar-refractivity contribution is -0.351. The van der Waals surface area contributed by atoms with Crippen LogP contribution in [0.3, 0.4) is 0 Å². The summed E-state index contributed by atoms with van der Waals surface area (Å²) in [7, 11) is 0. The minimum absolute atomic E-state index is 0.174. The molecule has 5 N–H and O–H groups in total. The van der Waals surface area contributed by atoms with Crippen LogP contribution >= 0.6 is 0 Å². The number of aliphatic hydroxyl groups excluding tert-OH is 4. The van der Waals surface area contributed by atoms with Gasteiger partial charge < -0.3 is 30.3 Å². The first-order chi connectivity index (χ1) is 20.5. The third-order valence-corrected chi connectivity index (χ3v) is 9.44. The lowest BCUT2D eigenvalue weighted by atomic mass is 9.89. The predicted molar refractivity (Wildman–Crippen MR) is 174 cm³/mol. The van der Waals surface area contributed by atoms with Crippen molar-refractivity contribution in [2.75, 3.05) is 6.61 Å². The first-order valence-corrected chi connectivity index (χ1v) is 18.5. The highest BCUT2D eigenvalue weighted by atomic mass is 16.7. The Morgan fingerprint density at radius 1 is 0.452 bits per heavy atom. The summed E-state index contributed by atoms with van der Waals surface area (Å²) >= 11 is 0. The van der Waals surface area contributed by atoms with Gasteiger partial charge in [0.15, 0.2) is 5.79 Å². The Morgan fingerprint density at radius 2 is 0.738 bits per heavy atom. The zero-order chi connectivity index (χ0) is 30.7. The van der Waals surface area contributed by atoms with Gasteiger partial charge >= 0.3 is 0 Å². The molecule has 6 nitrogen and oxygen atoms in total. The number of ether oxygens (including phenoxy) is 1. The van der Waals surface area contributed by atoms with Crippen molar-refractivity contribution < 1.29 is 30.3 Å². The van der Waals surface area contributed by atoms with Crippen molar-refractivity contribution in [2.45, 2.75) is 223 Å². The maximum absolute atomic E-state index is 10.6. The van der Waals surface area contributed by atoms with E-state index in [4.69, 9.17) is 4.74 Å². The topological polar surface area (TPSA) is 110 Å². The highest BCUT2D eigenvalue weighted by molar-refractivity contribution is 4.95. The smallest absolute Gasteiger partial charge is 0.195 e. The fraction of sp³-hybridized carbons (Fsp3) is 1.00. The van der Waals surface area contributed by atoms with E-state index in [1.54, 1.807) is 0 Å². The van der Waals surface area contributed by atoms with Crippen LogP contribution in [0.25, 0.3) is 0 Å². The molecule has 0 aromatic carbocycles. The summed E-state index contributed by atoms with van der Waals surface area (Å²) in [6, 6.07) is 0. The fourth-order valence-electron chi connectivity index (χ4n) is 6.47. The van der Waals surface area contributed by atoms with E-state index in [1.807, 2.05) is 0 Å². The van der Waals surface area contributed by atoms with Crippen molar-refractivity contribution in [3.63, 3.8) is 0 Å². The summed E-state index contributed by atoms with van der Waals surface area (Å²) < 4.78 is 5.32. The summed E-state index contributed by atoms with van der Waals surface area (Å²) in [6.07, 6.45) is 32.2. The highest BCUT2D eigenvalue weighted by Gasteiger charge is 2.51. The molecule has 0 spiro atoms. The molecule has 1 fully saturated rings. The van der Waals surface area contributed by atoms with Crippen LogP contribution < -0.4 is 0 Å². The maximum Gasteiger partial charge on any atom is 0.195 e. The van der Waals surface area contributed by atoms with Gasteiger partial charge in [0.2, 0.25) is 0 Å². The monoisotopic (exact) mass is 601 g/mol. The molecule has 0 amide bonds. The van der Waals surface area contributed by atoms with Crippen LogP contribution in [-0.4, -0.2) is 62.3 Å². The zero-order valence-corrected chi connectivity index (χ0v) is 27.7. The van der Waals surface area contributed by atoms with Crippen LogP contribution in [0.15, 0.2) is 0 Å². The average Bonchev–Trinajstić information content (AvgIpc) is 2.99. The molecule has 1 rings (SSSR count). The Kier molecular flexibility index (Phi) is 25.7. The molecule has 5 atom stereocenters. The minimum atomic E-state index is -1.92. The molecule has 252 valence electrons. The van der Waals surface area contributed by atoms with Crippen molar-refractivity contribution in [3.05, 3.63) is 0 Å². The molecule has 1 aliphatic heterocycles. The van der Waals surface area contributed by atoms with E-state index in [0.29, 0.717) is 6.42 Å². The second-order valence-electron chi connectivity index (χ2n) is 13.4. The van der Waals surface area contributed by atoms with Crippen molar-refractivity contribution in [1.82, 2.24) is 0 Å². The third-order valence-electron chi connectivity index (χ3n) is 9.44. The molecular formula is C36H72O6. The lowest BCUT2D eigenvalue weighted by Crippen LogP contribution is -2.65. The Labute approximate surface area is 260 Å². The fourth-order valence-corrected chi connectivity index (χ4v) is 6.47. The van der Waals surface area contributed by atoms with Crippen molar-refractivity contribution in [3.8, 4) is 0 Å². The number of hydrogen-bond donors (Lipinski definition) is 5. The molecule has 0 aromatic heterocycles. The maximum atomic E-state index is 10.6. The van der Waals surface area contributed by atoms with Crippen molar-refractivity contribution in [1.29, 1.82) is 0 Å². The van der Waals surface area contributed by atoms with Crippen LogP contribution in [0.1, 0.15) is 193 Å². The Hall–Kier alpha value is -0.240. The summed E-state index contributed by atoms with van der Waals surface area (Å²) in [4.78, 5) is 0. The van der Waals surface area contributed by atoms with E-state index in [2.05, 4.69) is 6.92 Å². The molecule has 0 radical (unpaired) electrons. The van der Waals surface area contributed by atoms with Crippen LogP contribution in [0.4, 0.5) is 0 Å². The van der Waals surface area contributed by atoms with Gasteiger partial charge in [-0.05, 0) is 6.42 Å². The molecule has 1 aliphatic rings. The summed E-state index contributed by atoms with van der Waals surface area (Å²) in [5.74, 6) is -1.92. The van der Waals surface area contributed by atoms with Crippen molar-refractivity contribution in [2.24, 2.45) is 0 Å². The first-order valence-electron chi connectivity index (χ1n) is 18.5. The number of rotatable bonds is 30. The van der Waals surface area contributed by atoms with E-state index in [9.17, 15) is 25.5 Å². The average molecular weight is 601 g/mol. The lowest BCUT2D eigenvalue weighted by Gasteiger charge is -2.45. The van der Waals surface area contributed by atoms with Gasteiger partial charge in [-0.3, -0.25) is 0 Å². The van der Waals surface area contributed by atoms with E-state index >= 15 is 0 Å². The predicted octanol–water partition coefficient (Wildman–Crippen LogP) is 8.48. The normalized spacial score (nSPS) is 24.4. The standard InChI is InChI=1S/C36H72O6/c1-2-3-4-5-6-7-8-9-10-11-12-13-14-15-16-17-18-19-20-21-22-23-24-25-26-27-28-29-30-36(41)35(40)34(39)33(38)32(31-37)42-36/h32-35,37-41H,2-31H2,1H3/t32-,33-,34+,35-,36-/m1/s1. The molecule has 6 heteroatoms. The van der Waals surface area contributed by atoms with E-state index in [-0.39, 0.29) is 6.42 Å². The molecule has 42 heavy (non-hydrogen) atoms. The van der Waals surface area contributed by atoms with E-state index < -0.39 is 36.8 Å². The molecule has 0 bridgehead atoms. The SMILES string of the molecule is CCCCCCCCCCCCCCCCCCCCCCCCCCCCCC[C@@]1(O)O[C@H](CO)[C@@H](O)[C@H](O)[C@H]1O. The Morgan fingerprint density at radius 3 is 1.02 bits per heavy atom. The molecule has 1 saturated heterocycles. The van der Waals surface area contributed by atoms with Gasteiger partial charge in [0.05, 0.1) is 6.61 Å². The van der Waals surface area contributed by atoms with Gasteiger partial charge in [0.25, 0.3) is 0 Å². The summed E-state index contributed by atoms with van der Waals surface area (Å²) in [5, 5.41) is 49.7. The van der Waals surface area contributed by atoms with E-state index in [1.165, 1.54) is 161 Å². The molecule has 0 unspecified atom stereocenters. The molecule has 0 aliphatic carbocycles. The molecular weight excluding hydrogens is 528 g/mol. The number of hydrogen-bond acceptors (Lipinski definition) is 6. The molecule has 0 aromatic rings. The number of unbranched alkanes of at least 4 members (excludes halogenated alkanes) is 27. The van der Waals surface area contributed by atoms with Gasteiger partial charge in [-0.2, -0.15) is 0 Å². The van der Waals surface area contributed by atoms with Gasteiger partial charge in [0, 0.05) is 6.42 Å². The second kappa shape index (κ2) is 27.1.